The molecule has 0 fully saturated rings. The lowest BCUT2D eigenvalue weighted by atomic mass is 10.1. The summed E-state index contributed by atoms with van der Waals surface area (Å²) >= 11 is 5.88. The van der Waals surface area contributed by atoms with E-state index < -0.39 is 0 Å². The maximum absolute atomic E-state index is 5.88. The maximum atomic E-state index is 5.88. The molecule has 20 heavy (non-hydrogen) atoms. The third-order valence-corrected chi connectivity index (χ3v) is 3.06. The van der Waals surface area contributed by atoms with Gasteiger partial charge in [-0.05, 0) is 37.8 Å². The molecule has 1 aromatic rings. The SMILES string of the molecule is CCCCCCC(C)Oc1nc(Cl)nc(NCCC)n1. The van der Waals surface area contributed by atoms with Crippen LogP contribution in [-0.2, 0) is 0 Å². The zero-order valence-electron chi connectivity index (χ0n) is 12.7. The van der Waals surface area contributed by atoms with Gasteiger partial charge in [-0.3, -0.25) is 0 Å². The standard InChI is InChI=1S/C14H25ClN4O/c1-4-6-7-8-9-11(3)20-14-18-12(15)17-13(19-14)16-10-5-2/h11H,4-10H2,1-3H3,(H,16,17,18,19). The number of nitrogens with one attached hydrogen (secondary N) is 1. The highest BCUT2D eigenvalue weighted by molar-refractivity contribution is 6.28. The Morgan fingerprint density at radius 1 is 1.10 bits per heavy atom. The highest BCUT2D eigenvalue weighted by atomic mass is 35.5. The topological polar surface area (TPSA) is 59.9 Å². The number of anilines is 1. The quantitative estimate of drug-likeness (QED) is 0.660. The summed E-state index contributed by atoms with van der Waals surface area (Å²) in [5.74, 6) is 0.472. The molecule has 5 nitrogen and oxygen atoms in total. The molecule has 0 spiro atoms. The highest BCUT2D eigenvalue weighted by Crippen LogP contribution is 2.15. The Bertz CT molecular complexity index is 389. The van der Waals surface area contributed by atoms with Crippen LogP contribution >= 0.6 is 11.6 Å². The zero-order valence-corrected chi connectivity index (χ0v) is 13.4. The van der Waals surface area contributed by atoms with Crippen LogP contribution in [0.15, 0.2) is 0 Å². The van der Waals surface area contributed by atoms with Gasteiger partial charge < -0.3 is 10.1 Å². The van der Waals surface area contributed by atoms with Gasteiger partial charge in [-0.25, -0.2) is 0 Å². The number of rotatable bonds is 10. The number of nitrogens with zero attached hydrogens (tertiary/aromatic N) is 3. The molecule has 1 atom stereocenters. The Labute approximate surface area is 126 Å². The van der Waals surface area contributed by atoms with E-state index in [4.69, 9.17) is 16.3 Å². The van der Waals surface area contributed by atoms with Crippen LogP contribution in [0.4, 0.5) is 5.95 Å². The molecule has 0 saturated heterocycles. The minimum Gasteiger partial charge on any atom is -0.460 e. The average Bonchev–Trinajstić information content (AvgIpc) is 2.41. The summed E-state index contributed by atoms with van der Waals surface area (Å²) < 4.78 is 5.71. The minimum absolute atomic E-state index is 0.0874. The van der Waals surface area contributed by atoms with Crippen molar-refractivity contribution in [1.29, 1.82) is 0 Å². The van der Waals surface area contributed by atoms with Crippen LogP contribution in [0.5, 0.6) is 6.01 Å². The largest absolute Gasteiger partial charge is 0.460 e. The zero-order chi connectivity index (χ0) is 14.8. The van der Waals surface area contributed by atoms with Crippen molar-refractivity contribution < 1.29 is 4.74 Å². The first-order valence-corrected chi connectivity index (χ1v) is 7.85. The highest BCUT2D eigenvalue weighted by Gasteiger charge is 2.10. The molecule has 0 radical (unpaired) electrons. The lowest BCUT2D eigenvalue weighted by molar-refractivity contribution is 0.189. The summed E-state index contributed by atoms with van der Waals surface area (Å²) in [5, 5.41) is 3.24. The van der Waals surface area contributed by atoms with E-state index in [2.05, 4.69) is 34.1 Å². The summed E-state index contributed by atoms with van der Waals surface area (Å²) in [6, 6.07) is 0.298. The molecule has 0 aliphatic rings. The Morgan fingerprint density at radius 3 is 2.60 bits per heavy atom. The number of hydrogen-bond acceptors (Lipinski definition) is 5. The van der Waals surface area contributed by atoms with Gasteiger partial charge in [0.05, 0.1) is 6.10 Å². The number of hydrogen-bond donors (Lipinski definition) is 1. The summed E-state index contributed by atoms with van der Waals surface area (Å²) in [4.78, 5) is 12.2. The van der Waals surface area contributed by atoms with Gasteiger partial charge in [0.2, 0.25) is 11.2 Å². The molecule has 1 aromatic heterocycles. The fraction of sp³-hybridized carbons (Fsp3) is 0.786. The van der Waals surface area contributed by atoms with E-state index in [1.807, 2.05) is 6.92 Å². The lowest BCUT2D eigenvalue weighted by Crippen LogP contribution is -2.15. The smallest absolute Gasteiger partial charge is 0.322 e. The van der Waals surface area contributed by atoms with Crippen molar-refractivity contribution >= 4 is 17.5 Å². The van der Waals surface area contributed by atoms with Crippen LogP contribution in [0, 0.1) is 0 Å². The van der Waals surface area contributed by atoms with E-state index in [9.17, 15) is 0 Å². The number of unbranched alkanes of at least 4 members (excludes halogenated alkanes) is 3. The van der Waals surface area contributed by atoms with Gasteiger partial charge in [0.25, 0.3) is 0 Å². The van der Waals surface area contributed by atoms with Gasteiger partial charge in [-0.2, -0.15) is 15.0 Å². The molecule has 1 unspecified atom stereocenters. The van der Waals surface area contributed by atoms with Gasteiger partial charge in [-0.1, -0.05) is 33.1 Å². The van der Waals surface area contributed by atoms with Crippen molar-refractivity contribution in [3.63, 3.8) is 0 Å². The second-order valence-corrected chi connectivity index (χ2v) is 5.25. The summed E-state index contributed by atoms with van der Waals surface area (Å²) in [6.07, 6.45) is 7.00. The third kappa shape index (κ3) is 6.89. The lowest BCUT2D eigenvalue weighted by Gasteiger charge is -2.13. The maximum Gasteiger partial charge on any atom is 0.322 e. The Hall–Kier alpha value is -1.10. The van der Waals surface area contributed by atoms with Crippen LogP contribution in [-0.4, -0.2) is 27.6 Å². The van der Waals surface area contributed by atoms with Crippen LogP contribution in [0.1, 0.15) is 59.3 Å². The second-order valence-electron chi connectivity index (χ2n) is 4.92. The molecule has 114 valence electrons. The molecule has 1 heterocycles. The second kappa shape index (κ2) is 9.75. The first-order chi connectivity index (χ1) is 9.65. The van der Waals surface area contributed by atoms with Crippen molar-refractivity contribution in [2.45, 2.75) is 65.4 Å². The van der Waals surface area contributed by atoms with E-state index in [0.717, 1.165) is 25.8 Å². The molecule has 0 aliphatic heterocycles. The number of aromatic nitrogens is 3. The predicted octanol–water partition coefficient (Wildman–Crippen LogP) is 4.08. The molecular formula is C14H25ClN4O. The predicted molar refractivity (Wildman–Crippen MR) is 82.5 cm³/mol. The van der Waals surface area contributed by atoms with Crippen molar-refractivity contribution in [3.05, 3.63) is 5.28 Å². The first kappa shape index (κ1) is 17.0. The van der Waals surface area contributed by atoms with Crippen LogP contribution in [0.25, 0.3) is 0 Å². The molecular weight excluding hydrogens is 276 g/mol. The molecule has 1 rings (SSSR count). The normalized spacial score (nSPS) is 12.2. The average molecular weight is 301 g/mol. The third-order valence-electron chi connectivity index (χ3n) is 2.89. The van der Waals surface area contributed by atoms with Crippen molar-refractivity contribution in [2.75, 3.05) is 11.9 Å². The summed E-state index contributed by atoms with van der Waals surface area (Å²) in [7, 11) is 0. The summed E-state index contributed by atoms with van der Waals surface area (Å²) in [6.45, 7) is 7.11. The fourth-order valence-electron chi connectivity index (χ4n) is 1.80. The summed E-state index contributed by atoms with van der Waals surface area (Å²) in [5.41, 5.74) is 0. The van der Waals surface area contributed by atoms with Gasteiger partial charge in [0, 0.05) is 6.54 Å². The Balaban J connectivity index is 2.47. The Kier molecular flexibility index (Phi) is 8.26. The van der Waals surface area contributed by atoms with Gasteiger partial charge in [-0.15, -0.1) is 0 Å². The van der Waals surface area contributed by atoms with E-state index in [1.165, 1.54) is 19.3 Å². The monoisotopic (exact) mass is 300 g/mol. The fourth-order valence-corrected chi connectivity index (χ4v) is 1.95. The van der Waals surface area contributed by atoms with Gasteiger partial charge >= 0.3 is 6.01 Å². The van der Waals surface area contributed by atoms with Crippen molar-refractivity contribution in [2.24, 2.45) is 0 Å². The van der Waals surface area contributed by atoms with Crippen LogP contribution in [0.2, 0.25) is 5.28 Å². The minimum atomic E-state index is 0.0874. The van der Waals surface area contributed by atoms with E-state index >= 15 is 0 Å². The van der Waals surface area contributed by atoms with E-state index in [-0.39, 0.29) is 11.4 Å². The van der Waals surface area contributed by atoms with Crippen LogP contribution < -0.4 is 10.1 Å². The number of halogens is 1. The Morgan fingerprint density at radius 2 is 1.90 bits per heavy atom. The molecule has 1 N–H and O–H groups in total. The van der Waals surface area contributed by atoms with Crippen molar-refractivity contribution in [3.8, 4) is 6.01 Å². The molecule has 0 amide bonds. The molecule has 0 saturated carbocycles. The molecule has 0 aromatic carbocycles. The van der Waals surface area contributed by atoms with E-state index in [0.29, 0.717) is 12.0 Å². The molecule has 0 aliphatic carbocycles. The first-order valence-electron chi connectivity index (χ1n) is 7.47. The molecule has 6 heteroatoms. The number of ether oxygens (including phenoxy) is 1. The van der Waals surface area contributed by atoms with Crippen molar-refractivity contribution in [1.82, 2.24) is 15.0 Å². The van der Waals surface area contributed by atoms with Gasteiger partial charge in [0.15, 0.2) is 0 Å². The molecule has 0 bridgehead atoms. The van der Waals surface area contributed by atoms with Crippen LogP contribution in [0.3, 0.4) is 0 Å². The van der Waals surface area contributed by atoms with Gasteiger partial charge in [0.1, 0.15) is 0 Å². The van der Waals surface area contributed by atoms with E-state index in [1.54, 1.807) is 0 Å².